The van der Waals surface area contributed by atoms with Gasteiger partial charge in [-0.15, -0.1) is 0 Å². The van der Waals surface area contributed by atoms with Crippen molar-refractivity contribution in [3.8, 4) is 11.5 Å². The van der Waals surface area contributed by atoms with Gasteiger partial charge < -0.3 is 4.57 Å². The van der Waals surface area contributed by atoms with E-state index in [-0.39, 0.29) is 0 Å². The molecule has 0 aromatic carbocycles. The normalized spacial score (nSPS) is 10.5. The molecule has 0 spiro atoms. The SMILES string of the molecule is Cc1nc(-c2cncn2C)n[nH]1. The highest BCUT2D eigenvalue weighted by molar-refractivity contribution is 5.47. The zero-order chi connectivity index (χ0) is 8.55. The lowest BCUT2D eigenvalue weighted by molar-refractivity contribution is 0.909. The van der Waals surface area contributed by atoms with Crippen molar-refractivity contribution >= 4 is 0 Å². The molecule has 0 aliphatic carbocycles. The molecule has 0 bridgehead atoms. The number of aryl methyl sites for hydroxylation is 2. The van der Waals surface area contributed by atoms with Crippen LogP contribution >= 0.6 is 0 Å². The molecule has 62 valence electrons. The zero-order valence-corrected chi connectivity index (χ0v) is 6.94. The van der Waals surface area contributed by atoms with Crippen LogP contribution in [0.1, 0.15) is 5.82 Å². The van der Waals surface area contributed by atoms with Gasteiger partial charge in [0.05, 0.1) is 12.5 Å². The van der Waals surface area contributed by atoms with Crippen molar-refractivity contribution in [2.75, 3.05) is 0 Å². The third kappa shape index (κ3) is 0.990. The predicted octanol–water partition coefficient (Wildman–Crippen LogP) is 0.514. The van der Waals surface area contributed by atoms with Gasteiger partial charge in [0.15, 0.2) is 5.82 Å². The molecule has 12 heavy (non-hydrogen) atoms. The van der Waals surface area contributed by atoms with E-state index in [2.05, 4.69) is 20.2 Å². The van der Waals surface area contributed by atoms with Crippen molar-refractivity contribution in [1.29, 1.82) is 0 Å². The van der Waals surface area contributed by atoms with Gasteiger partial charge in [-0.1, -0.05) is 0 Å². The quantitative estimate of drug-likeness (QED) is 0.666. The number of hydrogen-bond acceptors (Lipinski definition) is 3. The van der Waals surface area contributed by atoms with Crippen LogP contribution in [0.25, 0.3) is 11.5 Å². The molecule has 0 unspecified atom stereocenters. The van der Waals surface area contributed by atoms with Crippen molar-refractivity contribution in [3.05, 3.63) is 18.3 Å². The van der Waals surface area contributed by atoms with Crippen LogP contribution in [0.15, 0.2) is 12.5 Å². The highest BCUT2D eigenvalue weighted by Gasteiger charge is 2.06. The van der Waals surface area contributed by atoms with Crippen LogP contribution in [0.2, 0.25) is 0 Å². The van der Waals surface area contributed by atoms with E-state index < -0.39 is 0 Å². The van der Waals surface area contributed by atoms with Crippen molar-refractivity contribution < 1.29 is 0 Å². The van der Waals surface area contributed by atoms with Gasteiger partial charge in [-0.3, -0.25) is 5.10 Å². The molecule has 0 aliphatic heterocycles. The van der Waals surface area contributed by atoms with E-state index in [1.54, 1.807) is 12.5 Å². The van der Waals surface area contributed by atoms with Crippen molar-refractivity contribution in [1.82, 2.24) is 24.7 Å². The molecule has 2 aromatic heterocycles. The van der Waals surface area contributed by atoms with Crippen molar-refractivity contribution in [2.45, 2.75) is 6.92 Å². The average Bonchev–Trinajstić information content (AvgIpc) is 2.58. The van der Waals surface area contributed by atoms with Gasteiger partial charge in [-0.05, 0) is 6.92 Å². The van der Waals surface area contributed by atoms with E-state index in [0.29, 0.717) is 5.82 Å². The molecule has 0 saturated heterocycles. The summed E-state index contributed by atoms with van der Waals surface area (Å²) >= 11 is 0. The molecule has 5 heteroatoms. The number of aromatic nitrogens is 5. The summed E-state index contributed by atoms with van der Waals surface area (Å²) in [7, 11) is 1.91. The minimum Gasteiger partial charge on any atom is -0.331 e. The Balaban J connectivity index is 2.50. The number of imidazole rings is 1. The molecular formula is C7H9N5. The molecule has 0 amide bonds. The van der Waals surface area contributed by atoms with Crippen molar-refractivity contribution in [3.63, 3.8) is 0 Å². The number of hydrogen-bond donors (Lipinski definition) is 1. The summed E-state index contributed by atoms with van der Waals surface area (Å²) in [5.74, 6) is 1.50. The van der Waals surface area contributed by atoms with Gasteiger partial charge >= 0.3 is 0 Å². The Hall–Kier alpha value is -1.65. The third-order valence-corrected chi connectivity index (χ3v) is 1.64. The molecule has 2 rings (SSSR count). The first-order chi connectivity index (χ1) is 5.77. The Morgan fingerprint density at radius 3 is 2.83 bits per heavy atom. The number of nitrogens with one attached hydrogen (secondary N) is 1. The molecule has 0 fully saturated rings. The highest BCUT2D eigenvalue weighted by Crippen LogP contribution is 2.11. The molecule has 5 nitrogen and oxygen atoms in total. The summed E-state index contributed by atoms with van der Waals surface area (Å²) in [4.78, 5) is 8.16. The standard InChI is InChI=1S/C7H9N5/c1-5-9-7(11-10-5)6-3-8-4-12(6)2/h3-4H,1-2H3,(H,9,10,11). The Labute approximate surface area is 69.5 Å². The zero-order valence-electron chi connectivity index (χ0n) is 6.94. The first-order valence-corrected chi connectivity index (χ1v) is 3.63. The maximum Gasteiger partial charge on any atom is 0.199 e. The fraction of sp³-hybridized carbons (Fsp3) is 0.286. The Morgan fingerprint density at radius 1 is 1.50 bits per heavy atom. The second kappa shape index (κ2) is 2.44. The van der Waals surface area contributed by atoms with Crippen LogP contribution in [0.4, 0.5) is 0 Å². The van der Waals surface area contributed by atoms with E-state index in [0.717, 1.165) is 11.5 Å². The number of rotatable bonds is 1. The first kappa shape index (κ1) is 7.02. The second-order valence-corrected chi connectivity index (χ2v) is 2.63. The molecule has 2 aromatic rings. The molecule has 2 heterocycles. The Bertz CT molecular complexity index is 386. The molecular weight excluding hydrogens is 154 g/mol. The molecule has 0 radical (unpaired) electrons. The topological polar surface area (TPSA) is 59.4 Å². The summed E-state index contributed by atoms with van der Waals surface area (Å²) in [6, 6.07) is 0. The lowest BCUT2D eigenvalue weighted by atomic mass is 10.4. The van der Waals surface area contributed by atoms with Crippen LogP contribution in [0, 0.1) is 6.92 Å². The van der Waals surface area contributed by atoms with Gasteiger partial charge in [0.2, 0.25) is 0 Å². The second-order valence-electron chi connectivity index (χ2n) is 2.63. The van der Waals surface area contributed by atoms with Gasteiger partial charge in [0.1, 0.15) is 11.5 Å². The van der Waals surface area contributed by atoms with E-state index >= 15 is 0 Å². The fourth-order valence-electron chi connectivity index (χ4n) is 1.03. The van der Waals surface area contributed by atoms with Crippen LogP contribution in [0.5, 0.6) is 0 Å². The number of nitrogens with zero attached hydrogens (tertiary/aromatic N) is 4. The largest absolute Gasteiger partial charge is 0.331 e. The maximum absolute atomic E-state index is 4.19. The summed E-state index contributed by atoms with van der Waals surface area (Å²) in [5, 5.41) is 6.80. The minimum absolute atomic E-state index is 0.688. The summed E-state index contributed by atoms with van der Waals surface area (Å²) < 4.78 is 1.88. The van der Waals surface area contributed by atoms with Gasteiger partial charge in [-0.2, -0.15) is 5.10 Å². The lowest BCUT2D eigenvalue weighted by Gasteiger charge is -1.93. The fourth-order valence-corrected chi connectivity index (χ4v) is 1.03. The molecule has 0 aliphatic rings. The van der Waals surface area contributed by atoms with Crippen LogP contribution in [0.3, 0.4) is 0 Å². The number of H-pyrrole nitrogens is 1. The van der Waals surface area contributed by atoms with Crippen molar-refractivity contribution in [2.24, 2.45) is 7.05 Å². The van der Waals surface area contributed by atoms with E-state index in [1.165, 1.54) is 0 Å². The Kier molecular flexibility index (Phi) is 1.43. The Morgan fingerprint density at radius 2 is 2.33 bits per heavy atom. The molecule has 0 atom stereocenters. The van der Waals surface area contributed by atoms with Gasteiger partial charge in [0.25, 0.3) is 0 Å². The lowest BCUT2D eigenvalue weighted by Crippen LogP contribution is -1.90. The highest BCUT2D eigenvalue weighted by atomic mass is 15.2. The van der Waals surface area contributed by atoms with E-state index in [1.807, 2.05) is 18.5 Å². The monoisotopic (exact) mass is 163 g/mol. The molecule has 0 saturated carbocycles. The molecule has 1 N–H and O–H groups in total. The smallest absolute Gasteiger partial charge is 0.199 e. The van der Waals surface area contributed by atoms with Gasteiger partial charge in [0, 0.05) is 7.05 Å². The average molecular weight is 163 g/mol. The van der Waals surface area contributed by atoms with Crippen LogP contribution in [-0.2, 0) is 7.05 Å². The van der Waals surface area contributed by atoms with E-state index in [4.69, 9.17) is 0 Å². The van der Waals surface area contributed by atoms with Gasteiger partial charge in [-0.25, -0.2) is 9.97 Å². The van der Waals surface area contributed by atoms with Crippen LogP contribution < -0.4 is 0 Å². The van der Waals surface area contributed by atoms with E-state index in [9.17, 15) is 0 Å². The third-order valence-electron chi connectivity index (χ3n) is 1.64. The number of aromatic amines is 1. The first-order valence-electron chi connectivity index (χ1n) is 3.63. The maximum atomic E-state index is 4.19. The summed E-state index contributed by atoms with van der Waals surface area (Å²) in [5.41, 5.74) is 0.916. The summed E-state index contributed by atoms with van der Waals surface area (Å²) in [6.07, 6.45) is 3.46. The van der Waals surface area contributed by atoms with Crippen LogP contribution in [-0.4, -0.2) is 24.7 Å². The summed E-state index contributed by atoms with van der Waals surface area (Å²) in [6.45, 7) is 1.87. The minimum atomic E-state index is 0.688. The predicted molar refractivity (Wildman–Crippen MR) is 43.3 cm³/mol.